The highest BCUT2D eigenvalue weighted by Gasteiger charge is 2.28. The zero-order valence-corrected chi connectivity index (χ0v) is 12.4. The maximum Gasteiger partial charge on any atom is 0.187 e. The Morgan fingerprint density at radius 3 is 2.47 bits per heavy atom. The van der Waals surface area contributed by atoms with Crippen molar-refractivity contribution in [2.45, 2.75) is 47.1 Å². The number of hydrogen-bond acceptors (Lipinski definition) is 3. The lowest BCUT2D eigenvalue weighted by Crippen LogP contribution is -2.30. The maximum absolute atomic E-state index is 11.6. The second-order valence-corrected chi connectivity index (χ2v) is 4.48. The first-order valence-corrected chi connectivity index (χ1v) is 6.70. The van der Waals surface area contributed by atoms with Crippen molar-refractivity contribution < 1.29 is 14.7 Å². The summed E-state index contributed by atoms with van der Waals surface area (Å²) >= 11 is 0. The van der Waals surface area contributed by atoms with Gasteiger partial charge in [-0.15, -0.1) is 0 Å². The zero-order chi connectivity index (χ0) is 15.0. The molecule has 2 atom stereocenters. The minimum Gasteiger partial charge on any atom is -0.385 e. The van der Waals surface area contributed by atoms with Crippen LogP contribution in [-0.4, -0.2) is 23.3 Å². The van der Waals surface area contributed by atoms with Gasteiger partial charge in [0.25, 0.3) is 0 Å². The monoisotopic (exact) mass is 264 g/mol. The molecule has 1 aliphatic rings. The van der Waals surface area contributed by atoms with Crippen LogP contribution in [0.25, 0.3) is 0 Å². The molecule has 0 amide bonds. The molecule has 0 heterocycles. The molecule has 0 bridgehead atoms. The summed E-state index contributed by atoms with van der Waals surface area (Å²) in [5, 5.41) is 9.53. The Kier molecular flexibility index (Phi) is 7.92. The molecule has 0 radical (unpaired) electrons. The Bertz CT molecular complexity index is 414. The number of carbonyl (C=O) groups excluding carboxylic acids is 2. The third-order valence-corrected chi connectivity index (χ3v) is 3.07. The van der Waals surface area contributed by atoms with Gasteiger partial charge in [-0.1, -0.05) is 32.9 Å². The van der Waals surface area contributed by atoms with Crippen molar-refractivity contribution in [3.8, 4) is 0 Å². The molecule has 0 aromatic heterocycles. The molecule has 3 heteroatoms. The number of hydrogen-bond donors (Lipinski definition) is 1. The van der Waals surface area contributed by atoms with Gasteiger partial charge in [0.1, 0.15) is 12.4 Å². The standard InChI is InChI=1S/C14H18O3.C2H6/c1-9(6-7-15)4-5-12-10(2)8-13(16)14(17)11(12)3;1-2/h4-7,10,13,16H,8H2,1-3H3;1-2H3/b5-4+,9-6-;. The van der Waals surface area contributed by atoms with Crippen LogP contribution in [0.2, 0.25) is 0 Å². The van der Waals surface area contributed by atoms with E-state index in [1.807, 2.05) is 39.8 Å². The first-order valence-electron chi connectivity index (χ1n) is 6.70. The van der Waals surface area contributed by atoms with E-state index < -0.39 is 6.10 Å². The van der Waals surface area contributed by atoms with E-state index in [4.69, 9.17) is 0 Å². The number of aliphatic hydroxyl groups is 1. The molecule has 1 aliphatic carbocycles. The largest absolute Gasteiger partial charge is 0.385 e. The Morgan fingerprint density at radius 1 is 1.37 bits per heavy atom. The fourth-order valence-electron chi connectivity index (χ4n) is 2.00. The van der Waals surface area contributed by atoms with Crippen molar-refractivity contribution in [1.29, 1.82) is 0 Å². The number of aldehydes is 1. The summed E-state index contributed by atoms with van der Waals surface area (Å²) in [6.07, 6.45) is 5.48. The van der Waals surface area contributed by atoms with Crippen LogP contribution in [0.1, 0.15) is 41.0 Å². The van der Waals surface area contributed by atoms with Gasteiger partial charge >= 0.3 is 0 Å². The lowest BCUT2D eigenvalue weighted by Gasteiger charge is -2.25. The summed E-state index contributed by atoms with van der Waals surface area (Å²) in [6.45, 7) is 9.54. The van der Waals surface area contributed by atoms with Crippen molar-refractivity contribution in [3.05, 3.63) is 34.9 Å². The van der Waals surface area contributed by atoms with E-state index in [0.29, 0.717) is 12.0 Å². The topological polar surface area (TPSA) is 54.4 Å². The first-order chi connectivity index (χ1) is 8.97. The predicted molar refractivity (Wildman–Crippen MR) is 77.8 cm³/mol. The highest BCUT2D eigenvalue weighted by atomic mass is 16.3. The lowest BCUT2D eigenvalue weighted by atomic mass is 9.81. The molecule has 1 rings (SSSR count). The summed E-state index contributed by atoms with van der Waals surface area (Å²) in [7, 11) is 0. The van der Waals surface area contributed by atoms with Gasteiger partial charge in [0, 0.05) is 0 Å². The van der Waals surface area contributed by atoms with Gasteiger partial charge in [-0.25, -0.2) is 0 Å². The average Bonchev–Trinajstić information content (AvgIpc) is 2.38. The minimum absolute atomic E-state index is 0.156. The van der Waals surface area contributed by atoms with E-state index in [1.54, 1.807) is 6.92 Å². The molecule has 0 spiro atoms. The summed E-state index contributed by atoms with van der Waals surface area (Å²) in [4.78, 5) is 21.9. The van der Waals surface area contributed by atoms with Crippen molar-refractivity contribution in [2.75, 3.05) is 0 Å². The average molecular weight is 264 g/mol. The van der Waals surface area contributed by atoms with E-state index in [1.165, 1.54) is 6.08 Å². The molecule has 0 fully saturated rings. The Morgan fingerprint density at radius 2 is 1.95 bits per heavy atom. The Hall–Kier alpha value is -1.48. The first kappa shape index (κ1) is 17.5. The van der Waals surface area contributed by atoms with E-state index >= 15 is 0 Å². The third-order valence-electron chi connectivity index (χ3n) is 3.07. The Balaban J connectivity index is 0.00000154. The van der Waals surface area contributed by atoms with E-state index in [2.05, 4.69) is 0 Å². The molecule has 0 aromatic carbocycles. The summed E-state index contributed by atoms with van der Waals surface area (Å²) in [6, 6.07) is 0. The molecule has 19 heavy (non-hydrogen) atoms. The lowest BCUT2D eigenvalue weighted by molar-refractivity contribution is -0.124. The minimum atomic E-state index is -0.867. The van der Waals surface area contributed by atoms with Crippen LogP contribution >= 0.6 is 0 Å². The van der Waals surface area contributed by atoms with Crippen LogP contribution in [0.3, 0.4) is 0 Å². The SMILES string of the molecule is CC.CC1=C(/C=C/C(C)=C\C=O)C(C)CC(O)C1=O. The van der Waals surface area contributed by atoms with Crippen LogP contribution in [0.4, 0.5) is 0 Å². The van der Waals surface area contributed by atoms with E-state index in [-0.39, 0.29) is 11.7 Å². The van der Waals surface area contributed by atoms with Crippen molar-refractivity contribution in [1.82, 2.24) is 0 Å². The number of ketones is 1. The molecule has 0 saturated heterocycles. The van der Waals surface area contributed by atoms with E-state index in [0.717, 1.165) is 17.4 Å². The van der Waals surface area contributed by atoms with Crippen LogP contribution in [-0.2, 0) is 9.59 Å². The molecule has 2 unspecified atom stereocenters. The van der Waals surface area contributed by atoms with Crippen molar-refractivity contribution in [2.24, 2.45) is 5.92 Å². The van der Waals surface area contributed by atoms with Crippen LogP contribution in [0, 0.1) is 5.92 Å². The van der Waals surface area contributed by atoms with Gasteiger partial charge in [-0.3, -0.25) is 9.59 Å². The van der Waals surface area contributed by atoms with Gasteiger partial charge in [-0.05, 0) is 49.0 Å². The summed E-state index contributed by atoms with van der Waals surface area (Å²) in [5.41, 5.74) is 2.40. The summed E-state index contributed by atoms with van der Waals surface area (Å²) in [5.74, 6) is -0.0391. The Labute approximate surface area is 115 Å². The number of aliphatic hydroxyl groups excluding tert-OH is 1. The van der Waals surface area contributed by atoms with Crippen LogP contribution in [0.15, 0.2) is 34.9 Å². The molecular formula is C16H24O3. The third kappa shape index (κ3) is 4.95. The second-order valence-electron chi connectivity index (χ2n) is 4.48. The molecule has 1 N–H and O–H groups in total. The van der Waals surface area contributed by atoms with Gasteiger partial charge in [0.15, 0.2) is 5.78 Å². The van der Waals surface area contributed by atoms with Crippen LogP contribution in [0.5, 0.6) is 0 Å². The van der Waals surface area contributed by atoms with Gasteiger partial charge in [0.05, 0.1) is 0 Å². The molecule has 0 aliphatic heterocycles. The van der Waals surface area contributed by atoms with Crippen molar-refractivity contribution >= 4 is 12.1 Å². The maximum atomic E-state index is 11.6. The van der Waals surface area contributed by atoms with Gasteiger partial charge in [-0.2, -0.15) is 0 Å². The van der Waals surface area contributed by atoms with Crippen molar-refractivity contribution in [3.63, 3.8) is 0 Å². The highest BCUT2D eigenvalue weighted by molar-refractivity contribution is 6.00. The molecular weight excluding hydrogens is 240 g/mol. The number of carbonyl (C=O) groups is 2. The summed E-state index contributed by atoms with van der Waals surface area (Å²) < 4.78 is 0. The highest BCUT2D eigenvalue weighted by Crippen LogP contribution is 2.28. The van der Waals surface area contributed by atoms with Crippen LogP contribution < -0.4 is 0 Å². The normalized spacial score (nSPS) is 24.3. The van der Waals surface area contributed by atoms with Gasteiger partial charge < -0.3 is 5.11 Å². The number of rotatable bonds is 3. The fourth-order valence-corrected chi connectivity index (χ4v) is 2.00. The predicted octanol–water partition coefficient (Wildman–Crippen LogP) is 3.00. The molecule has 106 valence electrons. The number of allylic oxidation sites excluding steroid dienone is 5. The number of Topliss-reactive ketones (excluding diaryl/α,β-unsaturated/α-hetero) is 1. The second kappa shape index (κ2) is 8.59. The van der Waals surface area contributed by atoms with Gasteiger partial charge in [0.2, 0.25) is 0 Å². The molecule has 0 saturated carbocycles. The smallest absolute Gasteiger partial charge is 0.187 e. The fraction of sp³-hybridized carbons (Fsp3) is 0.500. The zero-order valence-electron chi connectivity index (χ0n) is 12.4. The molecule has 3 nitrogen and oxygen atoms in total. The molecule has 0 aromatic rings. The quantitative estimate of drug-likeness (QED) is 0.484. The van der Waals surface area contributed by atoms with E-state index in [9.17, 15) is 14.7 Å².